The van der Waals surface area contributed by atoms with Crippen LogP contribution in [0.5, 0.6) is 0 Å². The van der Waals surface area contributed by atoms with Crippen LogP contribution < -0.4 is 0 Å². The number of ether oxygens (including phenoxy) is 3. The number of fused-ring (bicyclic) bond motifs is 1. The van der Waals surface area contributed by atoms with Crippen LogP contribution in [0.2, 0.25) is 0 Å². The van der Waals surface area contributed by atoms with Crippen LogP contribution in [0.3, 0.4) is 0 Å². The monoisotopic (exact) mass is 452 g/mol. The molecule has 5 fully saturated rings. The lowest BCUT2D eigenvalue weighted by atomic mass is 9.53. The number of carboxylic acids is 1. The van der Waals surface area contributed by atoms with Gasteiger partial charge >= 0.3 is 23.9 Å². The molecule has 5 aliphatic rings. The average molecular weight is 452 g/mol. The van der Waals surface area contributed by atoms with Crippen molar-refractivity contribution in [3.63, 3.8) is 0 Å². The summed E-state index contributed by atoms with van der Waals surface area (Å²) >= 11 is 0. The zero-order chi connectivity index (χ0) is 23.1. The third-order valence-corrected chi connectivity index (χ3v) is 8.94. The van der Waals surface area contributed by atoms with Crippen molar-refractivity contribution in [3.8, 4) is 0 Å². The fourth-order valence-corrected chi connectivity index (χ4v) is 7.71. The van der Waals surface area contributed by atoms with Crippen LogP contribution in [-0.4, -0.2) is 59.5 Å². The molecule has 10 nitrogen and oxygen atoms in total. The zero-order valence-corrected chi connectivity index (χ0v) is 18.3. The lowest BCUT2D eigenvalue weighted by Gasteiger charge is -2.49. The number of hydrogen-bond donors (Lipinski definition) is 1. The van der Waals surface area contributed by atoms with E-state index in [9.17, 15) is 24.3 Å². The van der Waals surface area contributed by atoms with Gasteiger partial charge in [-0.05, 0) is 25.2 Å². The predicted octanol–water partition coefficient (Wildman–Crippen LogP) is 1.39. The van der Waals surface area contributed by atoms with Gasteiger partial charge in [-0.3, -0.25) is 9.68 Å². The standard InChI is InChI=1S/C22H28O10/c1-4-5-6-11-7-13-21-8-12-15(10(2)17(25)29-12)22(21,19(27)30-13)32-31-18(26)16(20(11,21)3)28-9-14(23)24/h10-13,15-16H,4-9H2,1-3H3,(H,23,24)/t10?,11-,12?,13?,15?,16?,20?,21?,22?/m1/s1. The highest BCUT2D eigenvalue weighted by Crippen LogP contribution is 2.77. The molecule has 5 rings (SSSR count). The number of unbranched alkanes of at least 4 members (excludes halogenated alkanes) is 1. The first-order chi connectivity index (χ1) is 15.1. The Bertz CT molecular complexity index is 886. The summed E-state index contributed by atoms with van der Waals surface area (Å²) < 4.78 is 17.2. The molecule has 0 bridgehead atoms. The third kappa shape index (κ3) is 2.27. The fraction of sp³-hybridized carbons (Fsp3) is 0.818. The maximum Gasteiger partial charge on any atom is 0.371 e. The number of carboxylic acid groups (broad SMARTS) is 1. The minimum absolute atomic E-state index is 0.113. The lowest BCUT2D eigenvalue weighted by molar-refractivity contribution is -0.344. The van der Waals surface area contributed by atoms with Crippen LogP contribution in [-0.2, 0) is 43.2 Å². The van der Waals surface area contributed by atoms with E-state index in [4.69, 9.17) is 24.0 Å². The van der Waals surface area contributed by atoms with Crippen LogP contribution in [0.25, 0.3) is 0 Å². The molecule has 0 aromatic rings. The van der Waals surface area contributed by atoms with Crippen LogP contribution in [0.15, 0.2) is 0 Å². The van der Waals surface area contributed by atoms with Crippen molar-refractivity contribution in [3.05, 3.63) is 0 Å². The van der Waals surface area contributed by atoms with E-state index < -0.39 is 77.1 Å². The van der Waals surface area contributed by atoms with E-state index in [-0.39, 0.29) is 12.3 Å². The normalized spacial score (nSPS) is 48.4. The van der Waals surface area contributed by atoms with Crippen LogP contribution in [0.1, 0.15) is 52.9 Å². The first kappa shape index (κ1) is 21.6. The van der Waals surface area contributed by atoms with E-state index in [1.807, 2.05) is 6.92 Å². The predicted molar refractivity (Wildman–Crippen MR) is 102 cm³/mol. The molecule has 0 aromatic carbocycles. The van der Waals surface area contributed by atoms with Crippen molar-refractivity contribution in [1.82, 2.24) is 0 Å². The molecular formula is C22H28O10. The topological polar surface area (TPSA) is 135 Å². The fourth-order valence-electron chi connectivity index (χ4n) is 7.71. The summed E-state index contributed by atoms with van der Waals surface area (Å²) in [6, 6.07) is 0. The molecule has 3 saturated heterocycles. The summed E-state index contributed by atoms with van der Waals surface area (Å²) in [4.78, 5) is 61.2. The van der Waals surface area contributed by atoms with Crippen LogP contribution >= 0.6 is 0 Å². The third-order valence-electron chi connectivity index (χ3n) is 8.94. The minimum Gasteiger partial charge on any atom is -0.480 e. The molecule has 2 saturated carbocycles. The van der Waals surface area contributed by atoms with Crippen molar-refractivity contribution in [2.45, 2.75) is 76.8 Å². The molecule has 0 radical (unpaired) electrons. The van der Waals surface area contributed by atoms with Gasteiger partial charge in [-0.15, -0.1) is 0 Å². The van der Waals surface area contributed by atoms with Crippen molar-refractivity contribution < 1.29 is 48.3 Å². The first-order valence-corrected chi connectivity index (χ1v) is 11.3. The molecular weight excluding hydrogens is 424 g/mol. The lowest BCUT2D eigenvalue weighted by Crippen LogP contribution is -2.62. The van der Waals surface area contributed by atoms with Gasteiger partial charge in [-0.25, -0.2) is 14.4 Å². The van der Waals surface area contributed by atoms with E-state index in [0.29, 0.717) is 6.42 Å². The number of aliphatic carboxylic acids is 1. The second-order valence-corrected chi connectivity index (χ2v) is 10.0. The number of esters is 2. The van der Waals surface area contributed by atoms with E-state index in [0.717, 1.165) is 19.3 Å². The van der Waals surface area contributed by atoms with Gasteiger partial charge in [0.25, 0.3) is 0 Å². The molecule has 10 heteroatoms. The molecule has 3 heterocycles. The van der Waals surface area contributed by atoms with Crippen molar-refractivity contribution in [1.29, 1.82) is 0 Å². The van der Waals surface area contributed by atoms with Gasteiger partial charge in [-0.1, -0.05) is 33.6 Å². The average Bonchev–Trinajstić information content (AvgIpc) is 3.32. The summed E-state index contributed by atoms with van der Waals surface area (Å²) in [5, 5.41) is 9.23. The van der Waals surface area contributed by atoms with Crippen molar-refractivity contribution >= 4 is 23.9 Å². The van der Waals surface area contributed by atoms with E-state index in [2.05, 4.69) is 6.92 Å². The Morgan fingerprint density at radius 1 is 1.22 bits per heavy atom. The second-order valence-electron chi connectivity index (χ2n) is 10.0. The number of hydrogen-bond acceptors (Lipinski definition) is 9. The van der Waals surface area contributed by atoms with Gasteiger partial charge in [0.1, 0.15) is 18.8 Å². The smallest absolute Gasteiger partial charge is 0.371 e. The van der Waals surface area contributed by atoms with Crippen LogP contribution in [0.4, 0.5) is 0 Å². The zero-order valence-electron chi connectivity index (χ0n) is 18.3. The Hall–Kier alpha value is -2.20. The number of rotatable bonds is 6. The van der Waals surface area contributed by atoms with E-state index in [1.165, 1.54) is 0 Å². The summed E-state index contributed by atoms with van der Waals surface area (Å²) in [7, 11) is 0. The Morgan fingerprint density at radius 2 is 1.97 bits per heavy atom. The van der Waals surface area contributed by atoms with E-state index in [1.54, 1.807) is 6.92 Å². The number of carbonyl (C=O) groups is 4. The molecule has 176 valence electrons. The molecule has 2 aliphatic carbocycles. The van der Waals surface area contributed by atoms with Crippen LogP contribution in [0, 0.1) is 28.6 Å². The van der Waals surface area contributed by atoms with Crippen molar-refractivity contribution in [2.24, 2.45) is 28.6 Å². The Kier molecular flexibility index (Phi) is 4.66. The second kappa shape index (κ2) is 6.90. The van der Waals surface area contributed by atoms with Gasteiger partial charge in [0.15, 0.2) is 6.10 Å². The minimum atomic E-state index is -1.71. The molecule has 3 aliphatic heterocycles. The SMILES string of the molecule is CCCC[C@@H]1CC2OC(=O)C34OOC(=O)C(OCC(=O)O)C1(C)C23CC1OC(=O)C(C)C14. The van der Waals surface area contributed by atoms with Gasteiger partial charge in [0, 0.05) is 5.41 Å². The van der Waals surface area contributed by atoms with Crippen molar-refractivity contribution in [2.75, 3.05) is 6.61 Å². The Labute approximate surface area is 184 Å². The Morgan fingerprint density at radius 3 is 2.66 bits per heavy atom. The summed E-state index contributed by atoms with van der Waals surface area (Å²) in [5.41, 5.74) is -3.80. The number of carbonyl (C=O) groups excluding carboxylic acids is 3. The van der Waals surface area contributed by atoms with Gasteiger partial charge in [-0.2, -0.15) is 4.89 Å². The Balaban J connectivity index is 1.70. The molecule has 0 amide bonds. The van der Waals surface area contributed by atoms with Gasteiger partial charge in [0.2, 0.25) is 5.60 Å². The molecule has 8 unspecified atom stereocenters. The highest BCUT2D eigenvalue weighted by molar-refractivity contribution is 5.90. The molecule has 1 spiro atoms. The molecule has 32 heavy (non-hydrogen) atoms. The first-order valence-electron chi connectivity index (χ1n) is 11.3. The highest BCUT2D eigenvalue weighted by atomic mass is 17.2. The molecule has 1 N–H and O–H groups in total. The summed E-state index contributed by atoms with van der Waals surface area (Å²) in [5.74, 6) is -4.62. The maximum atomic E-state index is 13.4. The quantitative estimate of drug-likeness (QED) is 0.465. The highest BCUT2D eigenvalue weighted by Gasteiger charge is 2.91. The molecule has 9 atom stereocenters. The summed E-state index contributed by atoms with van der Waals surface area (Å²) in [6.45, 7) is 4.90. The van der Waals surface area contributed by atoms with Gasteiger partial charge in [0.05, 0.1) is 17.3 Å². The largest absolute Gasteiger partial charge is 0.480 e. The molecule has 0 aromatic heterocycles. The maximum absolute atomic E-state index is 13.4. The van der Waals surface area contributed by atoms with E-state index >= 15 is 0 Å². The summed E-state index contributed by atoms with van der Waals surface area (Å²) in [6.07, 6.45) is 0.858. The van der Waals surface area contributed by atoms with Gasteiger partial charge < -0.3 is 19.3 Å².